The van der Waals surface area contributed by atoms with Crippen molar-refractivity contribution in [3.63, 3.8) is 0 Å². The molecule has 0 bridgehead atoms. The molecule has 1 heterocycles. The topological polar surface area (TPSA) is 66.9 Å². The summed E-state index contributed by atoms with van der Waals surface area (Å²) >= 11 is 1.19. The SMILES string of the molecule is CC[C@@H](C(=O)N(C)C)N(C(=O)C1CC=C(C)CC1)c1cc(C#CC(C)(C)C)sc1C(=O)OC. The maximum Gasteiger partial charge on any atom is 0.350 e. The van der Waals surface area contributed by atoms with Gasteiger partial charge >= 0.3 is 5.97 Å². The van der Waals surface area contributed by atoms with E-state index < -0.39 is 12.0 Å². The van der Waals surface area contributed by atoms with E-state index in [1.165, 1.54) is 33.8 Å². The summed E-state index contributed by atoms with van der Waals surface area (Å²) in [7, 11) is 4.67. The number of amides is 2. The van der Waals surface area contributed by atoms with Gasteiger partial charge in [-0.3, -0.25) is 14.5 Å². The summed E-state index contributed by atoms with van der Waals surface area (Å²) in [5, 5.41) is 0. The maximum absolute atomic E-state index is 13.9. The summed E-state index contributed by atoms with van der Waals surface area (Å²) in [6, 6.07) is 1.03. The fourth-order valence-electron chi connectivity index (χ4n) is 3.70. The van der Waals surface area contributed by atoms with Crippen molar-refractivity contribution in [2.75, 3.05) is 26.1 Å². The van der Waals surface area contributed by atoms with Crippen molar-refractivity contribution < 1.29 is 19.1 Å². The highest BCUT2D eigenvalue weighted by Crippen LogP contribution is 2.36. The molecule has 2 rings (SSSR count). The van der Waals surface area contributed by atoms with Gasteiger partial charge in [0.25, 0.3) is 0 Å². The zero-order chi connectivity index (χ0) is 24.9. The highest BCUT2D eigenvalue weighted by atomic mass is 32.1. The number of carbonyl (C=O) groups excluding carboxylic acids is 3. The molecule has 0 aromatic carbocycles. The molecule has 6 nitrogen and oxygen atoms in total. The summed E-state index contributed by atoms with van der Waals surface area (Å²) < 4.78 is 5.03. The van der Waals surface area contributed by atoms with Crippen LogP contribution in [0.5, 0.6) is 0 Å². The molecule has 1 aromatic heterocycles. The normalized spacial score (nSPS) is 16.7. The number of rotatable bonds is 6. The number of ether oxygens (including phenoxy) is 1. The summed E-state index contributed by atoms with van der Waals surface area (Å²) in [5.41, 5.74) is 1.46. The average molecular weight is 473 g/mol. The Morgan fingerprint density at radius 3 is 2.42 bits per heavy atom. The predicted octanol–water partition coefficient (Wildman–Crippen LogP) is 4.88. The molecule has 0 spiro atoms. The first-order valence-corrected chi connectivity index (χ1v) is 12.2. The molecule has 0 N–H and O–H groups in total. The van der Waals surface area contributed by atoms with Crippen LogP contribution in [0.4, 0.5) is 5.69 Å². The number of nitrogens with zero attached hydrogens (tertiary/aromatic N) is 2. The molecule has 7 heteroatoms. The number of allylic oxidation sites excluding steroid dienone is 2. The van der Waals surface area contributed by atoms with Crippen molar-refractivity contribution in [2.24, 2.45) is 11.3 Å². The molecule has 0 radical (unpaired) electrons. The van der Waals surface area contributed by atoms with Gasteiger partial charge in [0.05, 0.1) is 17.7 Å². The molecular formula is C26H36N2O4S. The summed E-state index contributed by atoms with van der Waals surface area (Å²) in [6.07, 6.45) is 4.71. The van der Waals surface area contributed by atoms with Gasteiger partial charge in [0.15, 0.2) is 0 Å². The number of likely N-dealkylation sites (N-methyl/N-ethyl adjacent to an activating group) is 1. The second-order valence-corrected chi connectivity index (χ2v) is 10.8. The number of esters is 1. The maximum atomic E-state index is 13.9. The Kier molecular flexibility index (Phi) is 8.90. The smallest absolute Gasteiger partial charge is 0.350 e. The molecule has 1 aliphatic rings. The molecule has 2 amide bonds. The molecule has 0 saturated heterocycles. The fourth-order valence-corrected chi connectivity index (χ4v) is 4.62. The van der Waals surface area contributed by atoms with E-state index in [0.717, 1.165) is 12.8 Å². The number of anilines is 1. The Morgan fingerprint density at radius 1 is 1.27 bits per heavy atom. The standard InChI is InChI=1S/C26H36N2O4S/c1-9-20(24(30)27(6)7)28(23(29)18-12-10-17(2)11-13-18)21-16-19(14-15-26(3,4)5)33-22(21)25(31)32-8/h10,16,18,20H,9,11-13H2,1-8H3/t18?,20-/m0/s1. The van der Waals surface area contributed by atoms with Crippen LogP contribution < -0.4 is 4.90 Å². The lowest BCUT2D eigenvalue weighted by atomic mass is 9.88. The lowest BCUT2D eigenvalue weighted by Crippen LogP contribution is -2.51. The lowest BCUT2D eigenvalue weighted by molar-refractivity contribution is -0.133. The minimum Gasteiger partial charge on any atom is -0.465 e. The zero-order valence-corrected chi connectivity index (χ0v) is 21.9. The summed E-state index contributed by atoms with van der Waals surface area (Å²) in [4.78, 5) is 43.7. The third-order valence-corrected chi connectivity index (χ3v) is 6.57. The van der Waals surface area contributed by atoms with Crippen LogP contribution >= 0.6 is 11.3 Å². The third kappa shape index (κ3) is 6.70. The van der Waals surface area contributed by atoms with E-state index in [4.69, 9.17) is 4.74 Å². The largest absolute Gasteiger partial charge is 0.465 e. The average Bonchev–Trinajstić information content (AvgIpc) is 3.18. The van der Waals surface area contributed by atoms with Gasteiger partial charge in [-0.15, -0.1) is 11.3 Å². The van der Waals surface area contributed by atoms with Crippen molar-refractivity contribution in [2.45, 2.75) is 66.3 Å². The van der Waals surface area contributed by atoms with Crippen LogP contribution in [-0.4, -0.2) is 49.9 Å². The van der Waals surface area contributed by atoms with Crippen molar-refractivity contribution >= 4 is 34.8 Å². The van der Waals surface area contributed by atoms with Crippen LogP contribution in [0.3, 0.4) is 0 Å². The third-order valence-electron chi connectivity index (χ3n) is 5.55. The van der Waals surface area contributed by atoms with Gasteiger partial charge in [-0.25, -0.2) is 4.79 Å². The molecule has 1 aliphatic carbocycles. The minimum atomic E-state index is -0.721. The quantitative estimate of drug-likeness (QED) is 0.336. The first-order chi connectivity index (χ1) is 15.4. The molecule has 0 aliphatic heterocycles. The van der Waals surface area contributed by atoms with Gasteiger partial charge in [0.2, 0.25) is 11.8 Å². The first kappa shape index (κ1) is 26.7. The highest BCUT2D eigenvalue weighted by molar-refractivity contribution is 7.15. The van der Waals surface area contributed by atoms with E-state index in [2.05, 4.69) is 24.8 Å². The first-order valence-electron chi connectivity index (χ1n) is 11.3. The van der Waals surface area contributed by atoms with Gasteiger partial charge in [-0.2, -0.15) is 0 Å². The van der Waals surface area contributed by atoms with Crippen LogP contribution in [0.25, 0.3) is 0 Å². The van der Waals surface area contributed by atoms with Crippen molar-refractivity contribution in [1.82, 2.24) is 4.90 Å². The molecule has 1 unspecified atom stereocenters. The highest BCUT2D eigenvalue weighted by Gasteiger charge is 2.38. The predicted molar refractivity (Wildman–Crippen MR) is 133 cm³/mol. The van der Waals surface area contributed by atoms with Gasteiger partial charge in [0.1, 0.15) is 10.9 Å². The Balaban J connectivity index is 2.67. The molecule has 1 aromatic rings. The van der Waals surface area contributed by atoms with E-state index in [-0.39, 0.29) is 28.0 Å². The minimum absolute atomic E-state index is 0.140. The van der Waals surface area contributed by atoms with Crippen molar-refractivity contribution in [3.05, 3.63) is 27.5 Å². The number of methoxy groups -OCH3 is 1. The molecule has 0 fully saturated rings. The molecular weight excluding hydrogens is 436 g/mol. The Labute approximate surface area is 202 Å². The number of carbonyl (C=O) groups is 3. The number of hydrogen-bond donors (Lipinski definition) is 0. The summed E-state index contributed by atoms with van der Waals surface area (Å²) in [6.45, 7) is 9.96. The van der Waals surface area contributed by atoms with Gasteiger partial charge in [0, 0.05) is 25.4 Å². The van der Waals surface area contributed by atoms with Crippen LogP contribution in [-0.2, 0) is 14.3 Å². The van der Waals surface area contributed by atoms with E-state index in [1.807, 2.05) is 27.7 Å². The van der Waals surface area contributed by atoms with Gasteiger partial charge < -0.3 is 9.64 Å². The molecule has 2 atom stereocenters. The summed E-state index contributed by atoms with van der Waals surface area (Å²) in [5.74, 6) is 5.20. The Hall–Kier alpha value is -2.59. The molecule has 180 valence electrons. The van der Waals surface area contributed by atoms with Crippen LogP contribution in [0.2, 0.25) is 0 Å². The monoisotopic (exact) mass is 472 g/mol. The number of hydrogen-bond acceptors (Lipinski definition) is 5. The van der Waals surface area contributed by atoms with E-state index in [9.17, 15) is 14.4 Å². The van der Waals surface area contributed by atoms with Gasteiger partial charge in [-0.1, -0.05) is 30.4 Å². The van der Waals surface area contributed by atoms with E-state index in [1.54, 1.807) is 20.2 Å². The molecule has 33 heavy (non-hydrogen) atoms. The second-order valence-electron chi connectivity index (χ2n) is 9.70. The fraction of sp³-hybridized carbons (Fsp3) is 0.577. The Bertz CT molecular complexity index is 988. The van der Waals surface area contributed by atoms with Crippen molar-refractivity contribution in [3.8, 4) is 11.8 Å². The van der Waals surface area contributed by atoms with Crippen molar-refractivity contribution in [1.29, 1.82) is 0 Å². The zero-order valence-electron chi connectivity index (χ0n) is 21.1. The van der Waals surface area contributed by atoms with Gasteiger partial charge in [-0.05, 0) is 59.4 Å². The van der Waals surface area contributed by atoms with Crippen LogP contribution in [0, 0.1) is 23.2 Å². The van der Waals surface area contributed by atoms with E-state index in [0.29, 0.717) is 23.4 Å². The second kappa shape index (κ2) is 11.0. The molecule has 0 saturated carbocycles. The lowest BCUT2D eigenvalue weighted by Gasteiger charge is -2.35. The van der Waals surface area contributed by atoms with Crippen LogP contribution in [0.1, 0.15) is 74.9 Å². The Morgan fingerprint density at radius 2 is 1.94 bits per heavy atom. The number of thiophene rings is 1. The van der Waals surface area contributed by atoms with E-state index >= 15 is 0 Å². The van der Waals surface area contributed by atoms with Crippen LogP contribution in [0.15, 0.2) is 17.7 Å².